The molecule has 0 bridgehead atoms. The third kappa shape index (κ3) is 5.69. The van der Waals surface area contributed by atoms with Crippen LogP contribution < -0.4 is 20.3 Å². The van der Waals surface area contributed by atoms with Crippen molar-refractivity contribution in [1.82, 2.24) is 10.6 Å². The molecule has 7 nitrogen and oxygen atoms in total. The van der Waals surface area contributed by atoms with E-state index in [9.17, 15) is 13.2 Å². The molecule has 2 fully saturated rings. The third-order valence-corrected chi connectivity index (χ3v) is 7.72. The summed E-state index contributed by atoms with van der Waals surface area (Å²) in [6.07, 6.45) is 3.62. The normalized spacial score (nSPS) is 21.3. The summed E-state index contributed by atoms with van der Waals surface area (Å²) in [5.41, 5.74) is 1.05. The van der Waals surface area contributed by atoms with Gasteiger partial charge in [0.1, 0.15) is 5.75 Å². The van der Waals surface area contributed by atoms with Crippen molar-refractivity contribution in [1.29, 1.82) is 0 Å². The number of ether oxygens (including phenoxy) is 1. The first kappa shape index (κ1) is 25.8. The zero-order valence-corrected chi connectivity index (χ0v) is 19.3. The number of nitrogens with zero attached hydrogens (tertiary/aromatic N) is 1. The number of sulfone groups is 1. The number of hydrogen-bond acceptors (Lipinski definition) is 6. The first-order chi connectivity index (χ1) is 12.9. The van der Waals surface area contributed by atoms with Crippen molar-refractivity contribution in [2.45, 2.75) is 36.5 Å². The second kappa shape index (κ2) is 10.7. The molecule has 1 amide bonds. The molecule has 2 saturated heterocycles. The van der Waals surface area contributed by atoms with Gasteiger partial charge in [-0.25, -0.2) is 8.42 Å². The van der Waals surface area contributed by atoms with Crippen LogP contribution in [0.5, 0.6) is 5.75 Å². The van der Waals surface area contributed by atoms with Crippen LogP contribution >= 0.6 is 24.8 Å². The minimum absolute atomic E-state index is 0. The summed E-state index contributed by atoms with van der Waals surface area (Å²) in [6.45, 7) is 2.65. The van der Waals surface area contributed by atoms with Crippen LogP contribution in [-0.4, -0.2) is 64.7 Å². The van der Waals surface area contributed by atoms with Crippen molar-refractivity contribution in [2.24, 2.45) is 0 Å². The Morgan fingerprint density at radius 2 is 1.97 bits per heavy atom. The second-order valence-electron chi connectivity index (χ2n) is 7.48. The van der Waals surface area contributed by atoms with Gasteiger partial charge < -0.3 is 20.3 Å². The van der Waals surface area contributed by atoms with Crippen molar-refractivity contribution in [2.75, 3.05) is 44.4 Å². The Morgan fingerprint density at radius 3 is 2.59 bits per heavy atom. The van der Waals surface area contributed by atoms with Crippen molar-refractivity contribution < 1.29 is 17.9 Å². The number of rotatable bonds is 5. The van der Waals surface area contributed by atoms with E-state index in [4.69, 9.17) is 4.74 Å². The van der Waals surface area contributed by atoms with Crippen LogP contribution in [0.1, 0.15) is 25.7 Å². The standard InChI is InChI=1S/C19H29N3O4S.2ClH/c1-26-17-7-3-6-16(13-17)22-12-4-5-15(14-22)21-18(23)19(27(2,24)25)8-10-20-11-9-19;;/h3,6-7,13,15,20H,4-5,8-12,14H2,1-2H3,(H,21,23);2*1H. The van der Waals surface area contributed by atoms with Gasteiger partial charge in [0, 0.05) is 37.1 Å². The van der Waals surface area contributed by atoms with E-state index in [2.05, 4.69) is 15.5 Å². The topological polar surface area (TPSA) is 87.7 Å². The molecule has 10 heteroatoms. The fraction of sp³-hybridized carbons (Fsp3) is 0.632. The quantitative estimate of drug-likeness (QED) is 0.685. The van der Waals surface area contributed by atoms with E-state index < -0.39 is 14.6 Å². The van der Waals surface area contributed by atoms with E-state index in [1.165, 1.54) is 6.26 Å². The van der Waals surface area contributed by atoms with Crippen LogP contribution in [0.25, 0.3) is 0 Å². The van der Waals surface area contributed by atoms with Crippen LogP contribution in [0.15, 0.2) is 24.3 Å². The lowest BCUT2D eigenvalue weighted by Gasteiger charge is -2.39. The van der Waals surface area contributed by atoms with Gasteiger partial charge in [-0.05, 0) is 50.9 Å². The van der Waals surface area contributed by atoms with Gasteiger partial charge in [-0.3, -0.25) is 4.79 Å². The summed E-state index contributed by atoms with van der Waals surface area (Å²) in [5.74, 6) is 0.452. The molecular weight excluding hydrogens is 437 g/mol. The Kier molecular flexibility index (Phi) is 9.53. The summed E-state index contributed by atoms with van der Waals surface area (Å²) < 4.78 is 28.9. The minimum Gasteiger partial charge on any atom is -0.497 e. The molecule has 2 aliphatic rings. The van der Waals surface area contributed by atoms with Crippen LogP contribution in [-0.2, 0) is 14.6 Å². The molecule has 29 heavy (non-hydrogen) atoms. The molecule has 1 unspecified atom stereocenters. The molecule has 0 radical (unpaired) electrons. The maximum Gasteiger partial charge on any atom is 0.241 e. The summed E-state index contributed by atoms with van der Waals surface area (Å²) in [6, 6.07) is 7.79. The zero-order chi connectivity index (χ0) is 19.5. The summed E-state index contributed by atoms with van der Waals surface area (Å²) in [7, 11) is -1.85. The average molecular weight is 468 g/mol. The highest BCUT2D eigenvalue weighted by Crippen LogP contribution is 2.29. The Morgan fingerprint density at radius 1 is 1.28 bits per heavy atom. The SMILES string of the molecule is COc1cccc(N2CCCC(NC(=O)C3(S(C)(=O)=O)CCNCC3)C2)c1.Cl.Cl. The number of amides is 1. The highest BCUT2D eigenvalue weighted by Gasteiger charge is 2.49. The fourth-order valence-corrected chi connectivity index (χ4v) is 5.39. The molecular formula is C19H31Cl2N3O4S. The smallest absolute Gasteiger partial charge is 0.241 e. The maximum atomic E-state index is 13.0. The van der Waals surface area contributed by atoms with E-state index in [0.29, 0.717) is 32.5 Å². The van der Waals surface area contributed by atoms with Gasteiger partial charge >= 0.3 is 0 Å². The molecule has 2 N–H and O–H groups in total. The van der Waals surface area contributed by atoms with Gasteiger partial charge in [0.2, 0.25) is 5.91 Å². The van der Waals surface area contributed by atoms with Crippen molar-refractivity contribution in [3.63, 3.8) is 0 Å². The molecule has 3 rings (SSSR count). The van der Waals surface area contributed by atoms with Crippen LogP contribution in [0.2, 0.25) is 0 Å². The number of methoxy groups -OCH3 is 1. The van der Waals surface area contributed by atoms with Gasteiger partial charge in [-0.2, -0.15) is 0 Å². The van der Waals surface area contributed by atoms with E-state index >= 15 is 0 Å². The molecule has 2 heterocycles. The maximum absolute atomic E-state index is 13.0. The van der Waals surface area contributed by atoms with E-state index in [0.717, 1.165) is 30.8 Å². The lowest BCUT2D eigenvalue weighted by atomic mass is 9.94. The van der Waals surface area contributed by atoms with Crippen molar-refractivity contribution >= 4 is 46.2 Å². The number of carbonyl (C=O) groups excluding carboxylic acids is 1. The van der Waals surface area contributed by atoms with Gasteiger partial charge in [0.15, 0.2) is 14.6 Å². The number of nitrogens with one attached hydrogen (secondary N) is 2. The first-order valence-electron chi connectivity index (χ1n) is 9.46. The molecule has 0 aromatic heterocycles. The third-order valence-electron chi connectivity index (χ3n) is 5.71. The van der Waals surface area contributed by atoms with E-state index in [-0.39, 0.29) is 36.8 Å². The van der Waals surface area contributed by atoms with Gasteiger partial charge in [0.05, 0.1) is 7.11 Å². The van der Waals surface area contributed by atoms with E-state index in [1.54, 1.807) is 7.11 Å². The summed E-state index contributed by atoms with van der Waals surface area (Å²) in [4.78, 5) is 15.2. The van der Waals surface area contributed by atoms with Gasteiger partial charge in [0.25, 0.3) is 0 Å². The van der Waals surface area contributed by atoms with Gasteiger partial charge in [-0.1, -0.05) is 6.07 Å². The highest BCUT2D eigenvalue weighted by molar-refractivity contribution is 7.92. The molecule has 2 aliphatic heterocycles. The predicted molar refractivity (Wildman–Crippen MR) is 121 cm³/mol. The van der Waals surface area contributed by atoms with Crippen LogP contribution in [0, 0.1) is 0 Å². The van der Waals surface area contributed by atoms with Gasteiger partial charge in [-0.15, -0.1) is 24.8 Å². The molecule has 1 aromatic rings. The molecule has 166 valence electrons. The zero-order valence-electron chi connectivity index (χ0n) is 16.8. The highest BCUT2D eigenvalue weighted by atomic mass is 35.5. The van der Waals surface area contributed by atoms with Crippen LogP contribution in [0.3, 0.4) is 0 Å². The monoisotopic (exact) mass is 467 g/mol. The number of halogens is 2. The fourth-order valence-electron chi connectivity index (χ4n) is 4.05. The summed E-state index contributed by atoms with van der Waals surface area (Å²) >= 11 is 0. The largest absolute Gasteiger partial charge is 0.497 e. The Hall–Kier alpha value is -1.22. The summed E-state index contributed by atoms with van der Waals surface area (Å²) in [5, 5.41) is 6.19. The second-order valence-corrected chi connectivity index (χ2v) is 9.80. The van der Waals surface area contributed by atoms with E-state index in [1.807, 2.05) is 24.3 Å². The van der Waals surface area contributed by atoms with Crippen molar-refractivity contribution in [3.05, 3.63) is 24.3 Å². The molecule has 1 atom stereocenters. The minimum atomic E-state index is -3.49. The molecule has 0 saturated carbocycles. The number of anilines is 1. The molecule has 0 spiro atoms. The number of carbonyl (C=O) groups is 1. The van der Waals surface area contributed by atoms with Crippen LogP contribution in [0.4, 0.5) is 5.69 Å². The predicted octanol–water partition coefficient (Wildman–Crippen LogP) is 1.79. The lowest BCUT2D eigenvalue weighted by molar-refractivity contribution is -0.125. The number of benzene rings is 1. The Bertz CT molecular complexity index is 785. The average Bonchev–Trinajstić information content (AvgIpc) is 2.68. The molecule has 0 aliphatic carbocycles. The van der Waals surface area contributed by atoms with Crippen molar-refractivity contribution in [3.8, 4) is 5.75 Å². The number of piperidine rings is 2. The number of hydrogen-bond donors (Lipinski definition) is 2. The lowest BCUT2D eigenvalue weighted by Crippen LogP contribution is -2.60. The first-order valence-corrected chi connectivity index (χ1v) is 11.4. The Labute approximate surface area is 185 Å². The molecule has 1 aromatic carbocycles. The Balaban J connectivity index is 0.00000210.